The molecule has 0 aliphatic carbocycles. The van der Waals surface area contributed by atoms with E-state index >= 15 is 0 Å². The number of hydrogen-bond donors (Lipinski definition) is 0. The number of Topliss-reactive ketones (excluding diaryl/α,β-unsaturated/α-hetero) is 2. The molecule has 0 unspecified atom stereocenters. The quantitative estimate of drug-likeness (QED) is 0.528. The molecule has 1 rings (SSSR count). The minimum Gasteiger partial charge on any atom is -0.293 e. The van der Waals surface area contributed by atoms with E-state index in [2.05, 4.69) is 4.99 Å². The van der Waals surface area contributed by atoms with Gasteiger partial charge in [0.25, 0.3) is 0 Å². The summed E-state index contributed by atoms with van der Waals surface area (Å²) >= 11 is 0. The van der Waals surface area contributed by atoms with Gasteiger partial charge in [-0.25, -0.2) is 4.99 Å². The van der Waals surface area contributed by atoms with Crippen LogP contribution in [0, 0.1) is 0 Å². The molecule has 0 fully saturated rings. The van der Waals surface area contributed by atoms with E-state index in [-0.39, 0.29) is 17.3 Å². The Morgan fingerprint density at radius 3 is 2.80 bits per heavy atom. The van der Waals surface area contributed by atoms with Crippen molar-refractivity contribution in [1.82, 2.24) is 0 Å². The second-order valence-electron chi connectivity index (χ2n) is 2.05. The van der Waals surface area contributed by atoms with Crippen molar-refractivity contribution in [3.05, 3.63) is 12.3 Å². The van der Waals surface area contributed by atoms with Crippen molar-refractivity contribution < 1.29 is 9.59 Å². The SMILES string of the molecule is CC(=O)C1=NC=CCC1=O. The predicted octanol–water partition coefficient (Wildman–Crippen LogP) is 0.503. The highest BCUT2D eigenvalue weighted by atomic mass is 16.1. The lowest BCUT2D eigenvalue weighted by atomic mass is 10.1. The van der Waals surface area contributed by atoms with E-state index in [9.17, 15) is 9.59 Å². The van der Waals surface area contributed by atoms with Crippen LogP contribution >= 0.6 is 0 Å². The lowest BCUT2D eigenvalue weighted by Crippen LogP contribution is -2.22. The monoisotopic (exact) mass is 137 g/mol. The van der Waals surface area contributed by atoms with Crippen LogP contribution in [0.3, 0.4) is 0 Å². The molecule has 0 aromatic carbocycles. The normalized spacial score (nSPS) is 16.9. The molecule has 10 heavy (non-hydrogen) atoms. The first kappa shape index (κ1) is 6.86. The molecule has 1 aliphatic rings. The third-order valence-corrected chi connectivity index (χ3v) is 1.21. The Labute approximate surface area is 58.5 Å². The summed E-state index contributed by atoms with van der Waals surface area (Å²) in [7, 11) is 0. The molecule has 0 spiro atoms. The number of carbonyl (C=O) groups excluding carboxylic acids is 2. The largest absolute Gasteiger partial charge is 0.293 e. The maximum absolute atomic E-state index is 10.8. The van der Waals surface area contributed by atoms with Crippen LogP contribution in [0.2, 0.25) is 0 Å². The first-order valence-corrected chi connectivity index (χ1v) is 2.99. The molecular weight excluding hydrogens is 130 g/mol. The van der Waals surface area contributed by atoms with Crippen molar-refractivity contribution in [2.75, 3.05) is 0 Å². The molecule has 0 atom stereocenters. The summed E-state index contributed by atoms with van der Waals surface area (Å²) in [6, 6.07) is 0. The highest BCUT2D eigenvalue weighted by Crippen LogP contribution is 1.99. The Balaban J connectivity index is 2.91. The Hall–Kier alpha value is -1.25. The highest BCUT2D eigenvalue weighted by Gasteiger charge is 2.15. The molecule has 0 radical (unpaired) electrons. The highest BCUT2D eigenvalue weighted by molar-refractivity contribution is 6.66. The molecule has 1 aliphatic heterocycles. The number of hydrogen-bond acceptors (Lipinski definition) is 3. The van der Waals surface area contributed by atoms with Gasteiger partial charge in [-0.15, -0.1) is 0 Å². The van der Waals surface area contributed by atoms with Crippen LogP contribution in [0.1, 0.15) is 13.3 Å². The minimum atomic E-state index is -0.255. The van der Waals surface area contributed by atoms with Crippen LogP contribution in [0.4, 0.5) is 0 Å². The van der Waals surface area contributed by atoms with E-state index in [0.717, 1.165) is 0 Å². The van der Waals surface area contributed by atoms with E-state index < -0.39 is 0 Å². The van der Waals surface area contributed by atoms with Gasteiger partial charge in [0.15, 0.2) is 11.6 Å². The zero-order valence-corrected chi connectivity index (χ0v) is 5.63. The average molecular weight is 137 g/mol. The predicted molar refractivity (Wildman–Crippen MR) is 36.9 cm³/mol. The van der Waals surface area contributed by atoms with E-state index in [0.29, 0.717) is 6.42 Å². The standard InChI is InChI=1S/C7H7NO2/c1-5(9)7-6(10)3-2-4-8-7/h2,4H,3H2,1H3. The van der Waals surface area contributed by atoms with Crippen molar-refractivity contribution in [3.8, 4) is 0 Å². The molecule has 0 N–H and O–H groups in total. The van der Waals surface area contributed by atoms with Crippen LogP contribution in [-0.4, -0.2) is 17.3 Å². The average Bonchev–Trinajstić information content (AvgIpc) is 1.88. The fourth-order valence-electron chi connectivity index (χ4n) is 0.743. The maximum Gasteiger partial charge on any atom is 0.188 e. The van der Waals surface area contributed by atoms with E-state index in [1.165, 1.54) is 13.1 Å². The summed E-state index contributed by atoms with van der Waals surface area (Å²) in [5, 5.41) is 0. The van der Waals surface area contributed by atoms with Crippen molar-refractivity contribution in [3.63, 3.8) is 0 Å². The van der Waals surface area contributed by atoms with Gasteiger partial charge in [-0.1, -0.05) is 6.08 Å². The molecule has 0 aromatic heterocycles. The molecular formula is C7H7NO2. The summed E-state index contributed by atoms with van der Waals surface area (Å²) < 4.78 is 0. The molecule has 0 bridgehead atoms. The van der Waals surface area contributed by atoms with E-state index in [1.54, 1.807) is 6.08 Å². The van der Waals surface area contributed by atoms with E-state index in [4.69, 9.17) is 0 Å². The Morgan fingerprint density at radius 1 is 1.70 bits per heavy atom. The number of carbonyl (C=O) groups is 2. The first-order chi connectivity index (χ1) is 4.72. The minimum absolute atomic E-state index is 0.0718. The molecule has 0 amide bonds. The van der Waals surface area contributed by atoms with Gasteiger partial charge >= 0.3 is 0 Å². The Morgan fingerprint density at radius 2 is 2.40 bits per heavy atom. The second-order valence-corrected chi connectivity index (χ2v) is 2.05. The second kappa shape index (κ2) is 2.56. The number of allylic oxidation sites excluding steroid dienone is 1. The van der Waals surface area contributed by atoms with Gasteiger partial charge in [0.1, 0.15) is 5.71 Å². The topological polar surface area (TPSA) is 46.5 Å². The molecule has 0 saturated heterocycles. The molecule has 3 nitrogen and oxygen atoms in total. The number of ketones is 2. The smallest absolute Gasteiger partial charge is 0.188 e. The summed E-state index contributed by atoms with van der Waals surface area (Å²) in [6.45, 7) is 1.34. The van der Waals surface area contributed by atoms with Gasteiger partial charge in [-0.2, -0.15) is 0 Å². The zero-order valence-electron chi connectivity index (χ0n) is 5.63. The summed E-state index contributed by atoms with van der Waals surface area (Å²) in [4.78, 5) is 25.1. The third kappa shape index (κ3) is 1.18. The fourth-order valence-corrected chi connectivity index (χ4v) is 0.743. The van der Waals surface area contributed by atoms with Gasteiger partial charge < -0.3 is 0 Å². The zero-order chi connectivity index (χ0) is 7.56. The van der Waals surface area contributed by atoms with Crippen molar-refractivity contribution >= 4 is 17.3 Å². The first-order valence-electron chi connectivity index (χ1n) is 2.99. The summed E-state index contributed by atoms with van der Waals surface area (Å²) in [6.07, 6.45) is 3.42. The third-order valence-electron chi connectivity index (χ3n) is 1.21. The van der Waals surface area contributed by atoms with Gasteiger partial charge in [0.2, 0.25) is 0 Å². The molecule has 3 heteroatoms. The molecule has 52 valence electrons. The Bertz CT molecular complexity index is 238. The van der Waals surface area contributed by atoms with Crippen molar-refractivity contribution in [1.29, 1.82) is 0 Å². The Kier molecular flexibility index (Phi) is 1.76. The van der Waals surface area contributed by atoms with Crippen molar-refractivity contribution in [2.24, 2.45) is 4.99 Å². The summed E-state index contributed by atoms with van der Waals surface area (Å²) in [5.41, 5.74) is 0.0718. The molecule has 0 saturated carbocycles. The fraction of sp³-hybridized carbons (Fsp3) is 0.286. The molecule has 0 aromatic rings. The van der Waals surface area contributed by atoms with Gasteiger partial charge in [0.05, 0.1) is 0 Å². The summed E-state index contributed by atoms with van der Waals surface area (Å²) in [5.74, 6) is -0.440. The van der Waals surface area contributed by atoms with E-state index in [1.807, 2.05) is 0 Å². The van der Waals surface area contributed by atoms with Crippen LogP contribution in [-0.2, 0) is 9.59 Å². The van der Waals surface area contributed by atoms with Crippen LogP contribution < -0.4 is 0 Å². The lowest BCUT2D eigenvalue weighted by Gasteiger charge is -2.00. The lowest BCUT2D eigenvalue weighted by molar-refractivity contribution is -0.115. The number of nitrogens with zero attached hydrogens (tertiary/aromatic N) is 1. The maximum atomic E-state index is 10.8. The van der Waals surface area contributed by atoms with Crippen molar-refractivity contribution in [2.45, 2.75) is 13.3 Å². The van der Waals surface area contributed by atoms with Crippen LogP contribution in [0.15, 0.2) is 17.3 Å². The van der Waals surface area contributed by atoms with Gasteiger partial charge in [-0.05, 0) is 0 Å². The van der Waals surface area contributed by atoms with Gasteiger partial charge in [0, 0.05) is 19.5 Å². The van der Waals surface area contributed by atoms with Crippen LogP contribution in [0.25, 0.3) is 0 Å². The molecule has 1 heterocycles. The number of rotatable bonds is 1. The van der Waals surface area contributed by atoms with Gasteiger partial charge in [-0.3, -0.25) is 9.59 Å². The number of aliphatic imine (C=N–C) groups is 1. The van der Waals surface area contributed by atoms with Crippen LogP contribution in [0.5, 0.6) is 0 Å².